The Bertz CT molecular complexity index is 893. The van der Waals surface area contributed by atoms with E-state index >= 15 is 0 Å². The van der Waals surface area contributed by atoms with Crippen molar-refractivity contribution in [3.63, 3.8) is 0 Å². The Balaban J connectivity index is 1.36. The van der Waals surface area contributed by atoms with Gasteiger partial charge in [0.1, 0.15) is 17.6 Å². The number of amides is 2. The molecule has 2 aromatic rings. The normalized spacial score (nSPS) is 18.0. The summed E-state index contributed by atoms with van der Waals surface area (Å²) in [7, 11) is 0. The summed E-state index contributed by atoms with van der Waals surface area (Å²) >= 11 is 0. The van der Waals surface area contributed by atoms with Gasteiger partial charge in [0, 0.05) is 30.8 Å². The number of urea groups is 1. The zero-order chi connectivity index (χ0) is 18.1. The van der Waals surface area contributed by atoms with Crippen molar-refractivity contribution < 1.29 is 23.4 Å². The number of ether oxygens (including phenoxy) is 3. The second-order valence-electron chi connectivity index (χ2n) is 6.20. The third-order valence-corrected chi connectivity index (χ3v) is 4.23. The fraction of sp³-hybridized carbons (Fsp3) is 0.333. The van der Waals surface area contributed by atoms with Gasteiger partial charge >= 0.3 is 11.7 Å². The van der Waals surface area contributed by atoms with Crippen molar-refractivity contribution in [1.82, 2.24) is 4.90 Å². The largest absolute Gasteiger partial charge is 0.488 e. The van der Waals surface area contributed by atoms with Crippen LogP contribution in [0.15, 0.2) is 39.5 Å². The number of hydrogen-bond acceptors (Lipinski definition) is 6. The zero-order valence-electron chi connectivity index (χ0n) is 14.2. The average Bonchev–Trinajstić information content (AvgIpc) is 3.22. The quantitative estimate of drug-likeness (QED) is 0.906. The molecule has 0 saturated carbocycles. The molecule has 8 heteroatoms. The number of anilines is 1. The first-order valence-corrected chi connectivity index (χ1v) is 8.31. The van der Waals surface area contributed by atoms with Crippen LogP contribution in [0.2, 0.25) is 0 Å². The van der Waals surface area contributed by atoms with E-state index in [-0.39, 0.29) is 18.9 Å². The van der Waals surface area contributed by atoms with Crippen LogP contribution in [0.25, 0.3) is 0 Å². The lowest BCUT2D eigenvalue weighted by Gasteiger charge is -2.18. The van der Waals surface area contributed by atoms with E-state index in [4.69, 9.17) is 18.6 Å². The van der Waals surface area contributed by atoms with Crippen LogP contribution in [0.3, 0.4) is 0 Å². The highest BCUT2D eigenvalue weighted by Crippen LogP contribution is 2.34. The van der Waals surface area contributed by atoms with E-state index < -0.39 is 5.63 Å². The Hall–Kier alpha value is -3.16. The van der Waals surface area contributed by atoms with E-state index in [1.54, 1.807) is 36.1 Å². The summed E-state index contributed by atoms with van der Waals surface area (Å²) in [6, 6.07) is 8.02. The molecule has 0 unspecified atom stereocenters. The summed E-state index contributed by atoms with van der Waals surface area (Å²) < 4.78 is 21.3. The highest BCUT2D eigenvalue weighted by molar-refractivity contribution is 5.90. The van der Waals surface area contributed by atoms with E-state index in [0.29, 0.717) is 48.2 Å². The van der Waals surface area contributed by atoms with Crippen molar-refractivity contribution in [2.45, 2.75) is 19.4 Å². The van der Waals surface area contributed by atoms with Crippen LogP contribution in [-0.4, -0.2) is 36.9 Å². The first-order chi connectivity index (χ1) is 12.6. The molecule has 1 atom stereocenters. The summed E-state index contributed by atoms with van der Waals surface area (Å²) in [5, 5.41) is 2.85. The number of aryl methyl sites for hydroxylation is 1. The van der Waals surface area contributed by atoms with Crippen molar-refractivity contribution >= 4 is 11.7 Å². The van der Waals surface area contributed by atoms with Crippen LogP contribution >= 0.6 is 0 Å². The van der Waals surface area contributed by atoms with Crippen molar-refractivity contribution in [1.29, 1.82) is 0 Å². The van der Waals surface area contributed by atoms with Gasteiger partial charge in [-0.3, -0.25) is 0 Å². The molecule has 0 radical (unpaired) electrons. The second kappa shape index (κ2) is 6.62. The number of carbonyl (C=O) groups is 1. The van der Waals surface area contributed by atoms with Crippen LogP contribution in [0, 0.1) is 6.92 Å². The predicted molar refractivity (Wildman–Crippen MR) is 91.9 cm³/mol. The first-order valence-electron chi connectivity index (χ1n) is 8.31. The van der Waals surface area contributed by atoms with Gasteiger partial charge in [0.25, 0.3) is 0 Å². The van der Waals surface area contributed by atoms with Gasteiger partial charge in [0.2, 0.25) is 6.79 Å². The fourth-order valence-electron chi connectivity index (χ4n) is 3.02. The summed E-state index contributed by atoms with van der Waals surface area (Å²) in [5.74, 6) is 2.23. The number of fused-ring (bicyclic) bond motifs is 1. The smallest absolute Gasteiger partial charge is 0.339 e. The maximum absolute atomic E-state index is 12.4. The fourth-order valence-corrected chi connectivity index (χ4v) is 3.02. The number of rotatable bonds is 3. The molecule has 1 N–H and O–H groups in total. The second-order valence-corrected chi connectivity index (χ2v) is 6.20. The molecule has 1 aromatic carbocycles. The molecule has 1 aromatic heterocycles. The summed E-state index contributed by atoms with van der Waals surface area (Å²) in [6.07, 6.45) is 0.520. The molecule has 2 amide bonds. The maximum Gasteiger partial charge on any atom is 0.339 e. The molecule has 0 spiro atoms. The molecule has 8 nitrogen and oxygen atoms in total. The van der Waals surface area contributed by atoms with Crippen LogP contribution in [0.1, 0.15) is 12.2 Å². The lowest BCUT2D eigenvalue weighted by Crippen LogP contribution is -2.34. The van der Waals surface area contributed by atoms with E-state index in [0.717, 1.165) is 0 Å². The standard InChI is InChI=1S/C18H18N2O6/c1-11-6-14(8-17(21)25-11)26-13-4-5-20(9-13)18(22)19-12-2-3-15-16(7-12)24-10-23-15/h2-3,6-8,13H,4-5,9-10H2,1H3,(H,19,22)/t13-/m1/s1. The van der Waals surface area contributed by atoms with E-state index in [1.165, 1.54) is 6.07 Å². The topological polar surface area (TPSA) is 90.2 Å². The van der Waals surface area contributed by atoms with Gasteiger partial charge in [-0.1, -0.05) is 0 Å². The highest BCUT2D eigenvalue weighted by Gasteiger charge is 2.28. The first kappa shape index (κ1) is 16.3. The van der Waals surface area contributed by atoms with Crippen molar-refractivity contribution in [3.8, 4) is 17.2 Å². The van der Waals surface area contributed by atoms with Crippen LogP contribution in [0.5, 0.6) is 17.2 Å². The van der Waals surface area contributed by atoms with Gasteiger partial charge in [0.15, 0.2) is 11.5 Å². The third kappa shape index (κ3) is 3.44. The Morgan fingerprint density at radius 1 is 1.23 bits per heavy atom. The molecule has 136 valence electrons. The predicted octanol–water partition coefficient (Wildman–Crippen LogP) is 2.36. The monoisotopic (exact) mass is 358 g/mol. The lowest BCUT2D eigenvalue weighted by atomic mass is 10.3. The molecule has 2 aliphatic rings. The minimum atomic E-state index is -0.449. The molecular weight excluding hydrogens is 340 g/mol. The number of benzene rings is 1. The van der Waals surface area contributed by atoms with Gasteiger partial charge in [-0.2, -0.15) is 0 Å². The van der Waals surface area contributed by atoms with E-state index in [2.05, 4.69) is 5.32 Å². The van der Waals surface area contributed by atoms with E-state index in [1.807, 2.05) is 0 Å². The van der Waals surface area contributed by atoms with Crippen molar-refractivity contribution in [2.75, 3.05) is 25.2 Å². The Morgan fingerprint density at radius 3 is 2.92 bits per heavy atom. The molecule has 0 aliphatic carbocycles. The highest BCUT2D eigenvalue weighted by atomic mass is 16.7. The van der Waals surface area contributed by atoms with Crippen LogP contribution < -0.4 is 25.2 Å². The molecule has 3 heterocycles. The molecule has 0 bridgehead atoms. The average molecular weight is 358 g/mol. The number of nitrogens with one attached hydrogen (secondary N) is 1. The third-order valence-electron chi connectivity index (χ3n) is 4.23. The molecular formula is C18H18N2O6. The maximum atomic E-state index is 12.4. The lowest BCUT2D eigenvalue weighted by molar-refractivity contribution is 0.174. The summed E-state index contributed by atoms with van der Waals surface area (Å²) in [5.41, 5.74) is 0.190. The molecule has 26 heavy (non-hydrogen) atoms. The summed E-state index contributed by atoms with van der Waals surface area (Å²) in [6.45, 7) is 2.89. The molecule has 1 saturated heterocycles. The SMILES string of the molecule is Cc1cc(O[C@@H]2CCN(C(=O)Nc3ccc4c(c3)OCO4)C2)cc(=O)o1. The van der Waals surface area contributed by atoms with Gasteiger partial charge < -0.3 is 28.8 Å². The molecule has 1 fully saturated rings. The Morgan fingerprint density at radius 2 is 2.08 bits per heavy atom. The van der Waals surface area contributed by atoms with E-state index in [9.17, 15) is 9.59 Å². The van der Waals surface area contributed by atoms with Gasteiger partial charge in [-0.15, -0.1) is 0 Å². The van der Waals surface area contributed by atoms with Gasteiger partial charge in [-0.25, -0.2) is 9.59 Å². The Kier molecular flexibility index (Phi) is 4.16. The Labute approximate surface area is 149 Å². The van der Waals surface area contributed by atoms with Gasteiger partial charge in [0.05, 0.1) is 12.6 Å². The van der Waals surface area contributed by atoms with Crippen LogP contribution in [-0.2, 0) is 0 Å². The molecule has 2 aliphatic heterocycles. The number of likely N-dealkylation sites (tertiary alicyclic amines) is 1. The zero-order valence-corrected chi connectivity index (χ0v) is 14.2. The number of hydrogen-bond donors (Lipinski definition) is 1. The number of carbonyl (C=O) groups excluding carboxylic acids is 1. The van der Waals surface area contributed by atoms with Crippen molar-refractivity contribution in [2.24, 2.45) is 0 Å². The molecule has 4 rings (SSSR count). The van der Waals surface area contributed by atoms with Crippen molar-refractivity contribution in [3.05, 3.63) is 46.5 Å². The minimum Gasteiger partial charge on any atom is -0.488 e. The summed E-state index contributed by atoms with van der Waals surface area (Å²) in [4.78, 5) is 25.5. The minimum absolute atomic E-state index is 0.168. The van der Waals surface area contributed by atoms with Crippen LogP contribution in [0.4, 0.5) is 10.5 Å². The number of nitrogens with zero attached hydrogens (tertiary/aromatic N) is 1. The van der Waals surface area contributed by atoms with Gasteiger partial charge in [-0.05, 0) is 19.1 Å².